The van der Waals surface area contributed by atoms with Crippen molar-refractivity contribution in [1.82, 2.24) is 9.97 Å². The Morgan fingerprint density at radius 2 is 2.03 bits per heavy atom. The minimum absolute atomic E-state index is 0.271. The molecule has 1 fully saturated rings. The lowest BCUT2D eigenvalue weighted by atomic mass is 9.93. The van der Waals surface area contributed by atoms with E-state index in [0.717, 1.165) is 35.1 Å². The second-order valence-corrected chi connectivity index (χ2v) is 9.81. The number of nitrogens with zero attached hydrogens (tertiary/aromatic N) is 2. The van der Waals surface area contributed by atoms with E-state index in [1.165, 1.54) is 6.42 Å². The van der Waals surface area contributed by atoms with Crippen LogP contribution in [0.3, 0.4) is 0 Å². The van der Waals surface area contributed by atoms with Gasteiger partial charge in [-0.2, -0.15) is 0 Å². The number of benzene rings is 2. The maximum absolute atomic E-state index is 12.3. The monoisotopic (exact) mass is 426 g/mol. The fraction of sp³-hybridized carbons (Fsp3) is 0.364. The Balaban J connectivity index is 1.59. The maximum Gasteiger partial charge on any atom is 0.163 e. The normalized spacial score (nSPS) is 15.9. The van der Waals surface area contributed by atoms with Crippen molar-refractivity contribution in [3.8, 4) is 11.5 Å². The molecule has 0 radical (unpaired) electrons. The minimum Gasteiger partial charge on any atom is -0.493 e. The van der Waals surface area contributed by atoms with E-state index in [2.05, 4.69) is 15.3 Å². The Bertz CT molecular complexity index is 1160. The van der Waals surface area contributed by atoms with Crippen LogP contribution in [0, 0.1) is 4.78 Å². The molecule has 1 aliphatic carbocycles. The molecule has 158 valence electrons. The molecular weight excluding hydrogens is 400 g/mol. The molecule has 0 bridgehead atoms. The zero-order valence-electron chi connectivity index (χ0n) is 17.2. The van der Waals surface area contributed by atoms with E-state index in [0.29, 0.717) is 22.4 Å². The number of nitrogens with one attached hydrogen (secondary N) is 2. The maximum atomic E-state index is 12.3. The van der Waals surface area contributed by atoms with Crippen molar-refractivity contribution in [2.45, 2.75) is 43.7 Å². The van der Waals surface area contributed by atoms with Crippen molar-refractivity contribution >= 4 is 26.4 Å². The first kappa shape index (κ1) is 20.4. The lowest BCUT2D eigenvalue weighted by Crippen LogP contribution is -2.27. The van der Waals surface area contributed by atoms with Crippen molar-refractivity contribution < 1.29 is 13.7 Å². The van der Waals surface area contributed by atoms with E-state index >= 15 is 0 Å². The molecule has 1 aromatic heterocycles. The third kappa shape index (κ3) is 4.18. The Morgan fingerprint density at radius 3 is 2.73 bits per heavy atom. The van der Waals surface area contributed by atoms with Crippen LogP contribution in [0.1, 0.15) is 31.7 Å². The number of hydrogen-bond acceptors (Lipinski definition) is 7. The van der Waals surface area contributed by atoms with Crippen LogP contribution in [0.2, 0.25) is 0 Å². The fourth-order valence-electron chi connectivity index (χ4n) is 3.37. The summed E-state index contributed by atoms with van der Waals surface area (Å²) < 4.78 is 31.9. The van der Waals surface area contributed by atoms with Crippen molar-refractivity contribution in [3.63, 3.8) is 0 Å². The first-order valence-corrected chi connectivity index (χ1v) is 11.8. The van der Waals surface area contributed by atoms with Crippen LogP contribution in [-0.2, 0) is 16.3 Å². The molecule has 4 rings (SSSR count). The Hall–Kier alpha value is -2.87. The number of ether oxygens (including phenoxy) is 2. The molecule has 8 heteroatoms. The summed E-state index contributed by atoms with van der Waals surface area (Å²) in [6, 6.07) is 11.4. The molecule has 1 saturated carbocycles. The van der Waals surface area contributed by atoms with Crippen molar-refractivity contribution in [2.24, 2.45) is 0 Å². The van der Waals surface area contributed by atoms with Crippen LogP contribution < -0.4 is 14.8 Å². The molecular formula is C22H26N4O3S. The average molecular weight is 427 g/mol. The first-order valence-electron chi connectivity index (χ1n) is 10.1. The summed E-state index contributed by atoms with van der Waals surface area (Å²) >= 11 is 0. The van der Waals surface area contributed by atoms with Crippen LogP contribution in [0.15, 0.2) is 47.6 Å². The van der Waals surface area contributed by atoms with E-state index in [1.807, 2.05) is 18.2 Å². The highest BCUT2D eigenvalue weighted by Crippen LogP contribution is 2.35. The predicted octanol–water partition coefficient (Wildman–Crippen LogP) is 4.61. The van der Waals surface area contributed by atoms with Crippen LogP contribution in [0.5, 0.6) is 11.5 Å². The van der Waals surface area contributed by atoms with E-state index in [1.54, 1.807) is 38.6 Å². The van der Waals surface area contributed by atoms with Crippen LogP contribution in [0.4, 0.5) is 5.82 Å². The largest absolute Gasteiger partial charge is 0.493 e. The topological polar surface area (TPSA) is 97.2 Å². The summed E-state index contributed by atoms with van der Waals surface area (Å²) in [5, 5.41) is 4.38. The minimum atomic E-state index is -2.76. The van der Waals surface area contributed by atoms with Crippen LogP contribution in [-0.4, -0.2) is 33.1 Å². The van der Waals surface area contributed by atoms with Gasteiger partial charge in [0.15, 0.2) is 11.5 Å². The molecule has 1 heterocycles. The quantitative estimate of drug-likeness (QED) is 0.546. The molecule has 30 heavy (non-hydrogen) atoms. The van der Waals surface area contributed by atoms with Gasteiger partial charge in [-0.25, -0.2) is 19.0 Å². The summed E-state index contributed by atoms with van der Waals surface area (Å²) in [4.78, 5) is 9.32. The van der Waals surface area contributed by atoms with Gasteiger partial charge in [0.2, 0.25) is 0 Å². The Kier molecular flexibility index (Phi) is 5.76. The third-order valence-electron chi connectivity index (χ3n) is 5.45. The highest BCUT2D eigenvalue weighted by atomic mass is 32.2. The van der Waals surface area contributed by atoms with E-state index in [4.69, 9.17) is 14.3 Å². The van der Waals surface area contributed by atoms with Gasteiger partial charge >= 0.3 is 0 Å². The van der Waals surface area contributed by atoms with Crippen LogP contribution >= 0.6 is 0 Å². The number of rotatable bonds is 8. The van der Waals surface area contributed by atoms with Gasteiger partial charge in [0, 0.05) is 28.1 Å². The molecule has 1 atom stereocenters. The number of methoxy groups -OCH3 is 1. The number of aromatic nitrogens is 2. The molecule has 1 aliphatic rings. The van der Waals surface area contributed by atoms with Gasteiger partial charge in [-0.15, -0.1) is 0 Å². The molecule has 0 aliphatic heterocycles. The standard InChI is InChI=1S/C22H26N4O3S/c1-3-30(23,27)17-9-4-6-15(10-17)13-29-21-12-19-18(11-20(21)28-2)22(25-14-24-19)26-16-7-5-8-16/h4,6,9-12,14,16,23H,3,5,7-8,13H2,1-2H3,(H,24,25,26). The molecule has 2 N–H and O–H groups in total. The summed E-state index contributed by atoms with van der Waals surface area (Å²) in [5.74, 6) is 2.27. The fourth-order valence-corrected chi connectivity index (χ4v) is 4.34. The number of anilines is 1. The highest BCUT2D eigenvalue weighted by Gasteiger charge is 2.19. The molecule has 0 saturated heterocycles. The van der Waals surface area contributed by atoms with Gasteiger partial charge in [0.25, 0.3) is 0 Å². The summed E-state index contributed by atoms with van der Waals surface area (Å²) in [7, 11) is -1.16. The molecule has 0 amide bonds. The zero-order chi connectivity index (χ0) is 21.1. The second kappa shape index (κ2) is 8.47. The average Bonchev–Trinajstić information content (AvgIpc) is 2.74. The summed E-state index contributed by atoms with van der Waals surface area (Å²) in [5.41, 5.74) is 1.62. The Morgan fingerprint density at radius 1 is 1.20 bits per heavy atom. The SMILES string of the molecule is CCS(=N)(=O)c1cccc(COc2cc3ncnc(NC4CCC4)c3cc2OC)c1. The third-order valence-corrected chi connectivity index (χ3v) is 7.28. The molecule has 0 spiro atoms. The molecule has 2 aromatic carbocycles. The van der Waals surface area contributed by atoms with Crippen molar-refractivity contribution in [3.05, 3.63) is 48.3 Å². The van der Waals surface area contributed by atoms with E-state index in [-0.39, 0.29) is 12.4 Å². The van der Waals surface area contributed by atoms with Gasteiger partial charge in [0.05, 0.1) is 22.4 Å². The van der Waals surface area contributed by atoms with Crippen LogP contribution in [0.25, 0.3) is 10.9 Å². The lowest BCUT2D eigenvalue weighted by Gasteiger charge is -2.27. The smallest absolute Gasteiger partial charge is 0.163 e. The Labute approximate surface area is 176 Å². The molecule has 1 unspecified atom stereocenters. The molecule has 7 nitrogen and oxygen atoms in total. The zero-order valence-corrected chi connectivity index (χ0v) is 18.0. The van der Waals surface area contributed by atoms with Crippen molar-refractivity contribution in [2.75, 3.05) is 18.2 Å². The van der Waals surface area contributed by atoms with Crippen molar-refractivity contribution in [1.29, 1.82) is 4.78 Å². The second-order valence-electron chi connectivity index (χ2n) is 7.41. The summed E-state index contributed by atoms with van der Waals surface area (Å²) in [6.45, 7) is 2.03. The van der Waals surface area contributed by atoms with Gasteiger partial charge < -0.3 is 14.8 Å². The predicted molar refractivity (Wildman–Crippen MR) is 118 cm³/mol. The van der Waals surface area contributed by atoms with Gasteiger partial charge in [-0.1, -0.05) is 19.1 Å². The van der Waals surface area contributed by atoms with E-state index in [9.17, 15) is 4.21 Å². The molecule has 3 aromatic rings. The summed E-state index contributed by atoms with van der Waals surface area (Å²) in [6.07, 6.45) is 5.12. The van der Waals surface area contributed by atoms with Gasteiger partial charge in [-0.3, -0.25) is 0 Å². The first-order chi connectivity index (χ1) is 14.5. The number of fused-ring (bicyclic) bond motifs is 1. The highest BCUT2D eigenvalue weighted by molar-refractivity contribution is 7.92. The lowest BCUT2D eigenvalue weighted by molar-refractivity contribution is 0.285. The van der Waals surface area contributed by atoms with E-state index < -0.39 is 9.73 Å². The van der Waals surface area contributed by atoms with Gasteiger partial charge in [-0.05, 0) is 43.0 Å². The number of hydrogen-bond donors (Lipinski definition) is 2. The van der Waals surface area contributed by atoms with Gasteiger partial charge in [0.1, 0.15) is 18.8 Å².